The van der Waals surface area contributed by atoms with Crippen LogP contribution < -0.4 is 9.62 Å². The van der Waals surface area contributed by atoms with Gasteiger partial charge in [-0.15, -0.1) is 0 Å². The zero-order valence-electron chi connectivity index (χ0n) is 16.0. The van der Waals surface area contributed by atoms with Gasteiger partial charge in [0.2, 0.25) is 5.95 Å². The van der Waals surface area contributed by atoms with Gasteiger partial charge in [0.1, 0.15) is 16.7 Å². The number of rotatable bonds is 5. The number of sulfonamides is 1. The molecule has 0 unspecified atom stereocenters. The van der Waals surface area contributed by atoms with E-state index in [0.29, 0.717) is 13.1 Å². The van der Waals surface area contributed by atoms with Gasteiger partial charge in [0.15, 0.2) is 10.7 Å². The molecule has 0 saturated carbocycles. The van der Waals surface area contributed by atoms with Gasteiger partial charge >= 0.3 is 0 Å². The van der Waals surface area contributed by atoms with E-state index < -0.39 is 43.3 Å². The molecule has 1 N–H and O–H groups in total. The van der Waals surface area contributed by atoms with Crippen LogP contribution in [0.2, 0.25) is 5.02 Å². The fraction of sp³-hybridized carbons (Fsp3) is 0.190. The molecule has 1 aromatic heterocycles. The Morgan fingerprint density at radius 2 is 1.81 bits per heavy atom. The Balaban J connectivity index is 1.64. The highest BCUT2D eigenvalue weighted by molar-refractivity contribution is 7.92. The van der Waals surface area contributed by atoms with E-state index in [1.54, 1.807) is 4.90 Å². The first-order chi connectivity index (χ1) is 14.8. The van der Waals surface area contributed by atoms with Crippen LogP contribution in [0.15, 0.2) is 59.5 Å². The number of nitrogens with zero attached hydrogens (tertiary/aromatic N) is 2. The van der Waals surface area contributed by atoms with Crippen molar-refractivity contribution in [1.82, 2.24) is 4.98 Å². The number of halogens is 4. The topological polar surface area (TPSA) is 62.3 Å². The number of hydrogen-bond acceptors (Lipinski definition) is 4. The second-order valence-corrected chi connectivity index (χ2v) is 9.13. The fourth-order valence-corrected chi connectivity index (χ4v) is 5.14. The highest BCUT2D eigenvalue weighted by Crippen LogP contribution is 2.39. The van der Waals surface area contributed by atoms with Gasteiger partial charge in [0, 0.05) is 25.1 Å². The Hall–Kier alpha value is -2.78. The molecule has 1 aliphatic rings. The van der Waals surface area contributed by atoms with Gasteiger partial charge in [-0.25, -0.2) is 22.2 Å². The molecule has 4 rings (SSSR count). The SMILES string of the molecule is O=S(=O)(Nc1cccc(F)n1)c1c(F)cc(N2CC[C@@H](c3ccccc3)C2)c(Cl)c1F. The lowest BCUT2D eigenvalue weighted by atomic mass is 9.99. The standard InChI is InChI=1S/C21H17ClF3N3O2S/c22-19-16(28-10-9-14(12-28)13-5-2-1-3-6-13)11-15(23)21(20(19)25)31(29,30)27-18-8-4-7-17(24)26-18/h1-8,11,14H,9-10,12H2,(H,26,27)/t14-/m1/s1. The zero-order chi connectivity index (χ0) is 22.2. The minimum absolute atomic E-state index is 0.0814. The summed E-state index contributed by atoms with van der Waals surface area (Å²) in [4.78, 5) is 3.82. The summed E-state index contributed by atoms with van der Waals surface area (Å²) in [5.41, 5.74) is 1.19. The molecule has 0 radical (unpaired) electrons. The second kappa shape index (κ2) is 8.39. The molecule has 31 heavy (non-hydrogen) atoms. The second-order valence-electron chi connectivity index (χ2n) is 7.13. The molecule has 5 nitrogen and oxygen atoms in total. The van der Waals surface area contributed by atoms with Crippen LogP contribution in [-0.4, -0.2) is 26.5 Å². The Morgan fingerprint density at radius 3 is 2.52 bits per heavy atom. The molecule has 3 aromatic rings. The van der Waals surface area contributed by atoms with Crippen molar-refractivity contribution in [2.75, 3.05) is 22.7 Å². The Morgan fingerprint density at radius 1 is 1.06 bits per heavy atom. The van der Waals surface area contributed by atoms with Crippen molar-refractivity contribution < 1.29 is 21.6 Å². The van der Waals surface area contributed by atoms with Gasteiger partial charge < -0.3 is 4.90 Å². The summed E-state index contributed by atoms with van der Waals surface area (Å²) in [6, 6.07) is 14.0. The summed E-state index contributed by atoms with van der Waals surface area (Å²) >= 11 is 6.13. The van der Waals surface area contributed by atoms with E-state index in [1.165, 1.54) is 6.07 Å². The molecule has 1 aliphatic heterocycles. The minimum atomic E-state index is -4.74. The number of aromatic nitrogens is 1. The lowest BCUT2D eigenvalue weighted by Gasteiger charge is -2.22. The molecule has 0 amide bonds. The minimum Gasteiger partial charge on any atom is -0.370 e. The molecule has 2 heterocycles. The number of hydrogen-bond donors (Lipinski definition) is 1. The van der Waals surface area contributed by atoms with Gasteiger partial charge in [-0.05, 0) is 24.1 Å². The summed E-state index contributed by atoms with van der Waals surface area (Å²) in [5, 5.41) is -0.498. The van der Waals surface area contributed by atoms with Crippen molar-refractivity contribution in [3.05, 3.63) is 82.8 Å². The van der Waals surface area contributed by atoms with Crippen molar-refractivity contribution >= 4 is 33.1 Å². The van der Waals surface area contributed by atoms with Crippen LogP contribution in [0.25, 0.3) is 0 Å². The summed E-state index contributed by atoms with van der Waals surface area (Å²) in [6.45, 7) is 0.996. The number of pyridine rings is 1. The maximum absolute atomic E-state index is 15.0. The van der Waals surface area contributed by atoms with E-state index in [0.717, 1.165) is 30.2 Å². The Labute approximate surface area is 182 Å². The van der Waals surface area contributed by atoms with Crippen molar-refractivity contribution in [3.8, 4) is 0 Å². The van der Waals surface area contributed by atoms with Crippen LogP contribution in [0.4, 0.5) is 24.7 Å². The van der Waals surface area contributed by atoms with E-state index >= 15 is 0 Å². The highest BCUT2D eigenvalue weighted by Gasteiger charge is 2.32. The fourth-order valence-electron chi connectivity index (χ4n) is 3.67. The van der Waals surface area contributed by atoms with Gasteiger partial charge in [-0.2, -0.15) is 4.39 Å². The molecular weight excluding hydrogens is 451 g/mol. The first-order valence-electron chi connectivity index (χ1n) is 9.39. The third-order valence-corrected chi connectivity index (χ3v) is 6.87. The normalized spacial score (nSPS) is 16.5. The van der Waals surface area contributed by atoms with Crippen molar-refractivity contribution in [3.63, 3.8) is 0 Å². The van der Waals surface area contributed by atoms with E-state index in [-0.39, 0.29) is 11.6 Å². The Kier molecular flexibility index (Phi) is 5.81. The first kappa shape index (κ1) is 21.5. The maximum atomic E-state index is 15.0. The monoisotopic (exact) mass is 467 g/mol. The summed E-state index contributed by atoms with van der Waals surface area (Å²) in [5.74, 6) is -3.92. The summed E-state index contributed by atoms with van der Waals surface area (Å²) < 4.78 is 70.0. The molecule has 1 saturated heterocycles. The molecule has 162 valence electrons. The smallest absolute Gasteiger partial charge is 0.268 e. The van der Waals surface area contributed by atoms with E-state index in [2.05, 4.69) is 4.98 Å². The molecule has 0 spiro atoms. The predicted molar refractivity (Wildman–Crippen MR) is 112 cm³/mol. The number of anilines is 2. The Bertz CT molecular complexity index is 1230. The lowest BCUT2D eigenvalue weighted by Crippen LogP contribution is -2.22. The van der Waals surface area contributed by atoms with E-state index in [9.17, 15) is 21.6 Å². The third kappa shape index (κ3) is 4.33. The maximum Gasteiger partial charge on any atom is 0.268 e. The summed E-state index contributed by atoms with van der Waals surface area (Å²) in [7, 11) is -4.74. The number of nitrogens with one attached hydrogen (secondary N) is 1. The molecule has 1 fully saturated rings. The summed E-state index contributed by atoms with van der Waals surface area (Å²) in [6.07, 6.45) is 0.760. The van der Waals surface area contributed by atoms with Crippen molar-refractivity contribution in [1.29, 1.82) is 0 Å². The van der Waals surface area contributed by atoms with Crippen LogP contribution in [0.5, 0.6) is 0 Å². The molecular formula is C21H17ClF3N3O2S. The van der Waals surface area contributed by atoms with Gasteiger partial charge in [0.25, 0.3) is 10.0 Å². The van der Waals surface area contributed by atoms with Crippen molar-refractivity contribution in [2.24, 2.45) is 0 Å². The molecule has 0 bridgehead atoms. The lowest BCUT2D eigenvalue weighted by molar-refractivity contribution is 0.521. The average molecular weight is 468 g/mol. The first-order valence-corrected chi connectivity index (χ1v) is 11.2. The quantitative estimate of drug-likeness (QED) is 0.426. The molecule has 0 aliphatic carbocycles. The van der Waals surface area contributed by atoms with E-state index in [4.69, 9.17) is 11.6 Å². The third-order valence-electron chi connectivity index (χ3n) is 5.12. The van der Waals surface area contributed by atoms with Crippen LogP contribution >= 0.6 is 11.6 Å². The van der Waals surface area contributed by atoms with Crippen molar-refractivity contribution in [2.45, 2.75) is 17.2 Å². The largest absolute Gasteiger partial charge is 0.370 e. The van der Waals surface area contributed by atoms with Gasteiger partial charge in [-0.3, -0.25) is 4.72 Å². The van der Waals surface area contributed by atoms with Gasteiger partial charge in [-0.1, -0.05) is 48.0 Å². The molecule has 1 atom stereocenters. The average Bonchev–Trinajstić information content (AvgIpc) is 3.21. The highest BCUT2D eigenvalue weighted by atomic mass is 35.5. The molecule has 10 heteroatoms. The van der Waals surface area contributed by atoms with Crippen LogP contribution in [0, 0.1) is 17.6 Å². The number of benzene rings is 2. The predicted octanol–water partition coefficient (Wildman–Crippen LogP) is 4.95. The molecule has 2 aromatic carbocycles. The van der Waals surface area contributed by atoms with Gasteiger partial charge in [0.05, 0.1) is 5.69 Å². The van der Waals surface area contributed by atoms with Crippen LogP contribution in [0.1, 0.15) is 17.9 Å². The zero-order valence-corrected chi connectivity index (χ0v) is 17.6. The van der Waals surface area contributed by atoms with Crippen LogP contribution in [0.3, 0.4) is 0 Å². The van der Waals surface area contributed by atoms with E-state index in [1.807, 2.05) is 35.1 Å². The van der Waals surface area contributed by atoms with Crippen LogP contribution in [-0.2, 0) is 10.0 Å².